The fourth-order valence-corrected chi connectivity index (χ4v) is 1.77. The lowest BCUT2D eigenvalue weighted by atomic mass is 10.1. The molecule has 2 heterocycles. The fourth-order valence-electron chi connectivity index (χ4n) is 1.77. The fraction of sp³-hybridized carbons (Fsp3) is 0.333. The zero-order chi connectivity index (χ0) is 11.5. The zero-order valence-electron chi connectivity index (χ0n) is 9.54. The molecule has 0 amide bonds. The Labute approximate surface area is 95.1 Å². The first-order chi connectivity index (χ1) is 7.70. The number of imidazole rings is 1. The summed E-state index contributed by atoms with van der Waals surface area (Å²) in [6.45, 7) is 4.08. The Morgan fingerprint density at radius 3 is 2.69 bits per heavy atom. The van der Waals surface area contributed by atoms with Crippen molar-refractivity contribution in [3.8, 4) is 0 Å². The molecule has 84 valence electrons. The molecule has 0 spiro atoms. The van der Waals surface area contributed by atoms with Crippen LogP contribution in [0.4, 0.5) is 0 Å². The molecule has 0 aliphatic heterocycles. The van der Waals surface area contributed by atoms with Gasteiger partial charge in [-0.2, -0.15) is 0 Å². The molecule has 2 rings (SSSR count). The highest BCUT2D eigenvalue weighted by Crippen LogP contribution is 2.21. The van der Waals surface area contributed by atoms with Gasteiger partial charge in [-0.25, -0.2) is 4.98 Å². The van der Waals surface area contributed by atoms with E-state index in [-0.39, 0.29) is 12.1 Å². The van der Waals surface area contributed by atoms with Gasteiger partial charge in [0.15, 0.2) is 0 Å². The standard InChI is InChI=1S/C12H16N4/c1-9(13)12-7-15-8-16(12)10(2)11-4-3-5-14-6-11/h3-10H,13H2,1-2H3/t9-,10?/m0/s1. The molecule has 0 saturated carbocycles. The van der Waals surface area contributed by atoms with E-state index in [4.69, 9.17) is 5.73 Å². The van der Waals surface area contributed by atoms with Crippen molar-refractivity contribution in [3.63, 3.8) is 0 Å². The van der Waals surface area contributed by atoms with E-state index in [2.05, 4.69) is 27.5 Å². The van der Waals surface area contributed by atoms with Gasteiger partial charge >= 0.3 is 0 Å². The summed E-state index contributed by atoms with van der Waals surface area (Å²) in [4.78, 5) is 8.28. The summed E-state index contributed by atoms with van der Waals surface area (Å²) in [6, 6.07) is 4.19. The number of hydrogen-bond acceptors (Lipinski definition) is 3. The number of aromatic nitrogens is 3. The lowest BCUT2D eigenvalue weighted by Crippen LogP contribution is -2.15. The molecule has 0 saturated heterocycles. The SMILES string of the molecule is CC(c1cccnc1)n1cncc1[C@H](C)N. The smallest absolute Gasteiger partial charge is 0.0954 e. The van der Waals surface area contributed by atoms with Gasteiger partial charge in [-0.15, -0.1) is 0 Å². The Morgan fingerprint density at radius 2 is 2.06 bits per heavy atom. The Bertz CT molecular complexity index is 447. The molecule has 0 aliphatic rings. The molecule has 0 aromatic carbocycles. The van der Waals surface area contributed by atoms with Crippen molar-refractivity contribution in [2.45, 2.75) is 25.9 Å². The predicted molar refractivity (Wildman–Crippen MR) is 62.9 cm³/mol. The molecule has 0 radical (unpaired) electrons. The average molecular weight is 216 g/mol. The maximum absolute atomic E-state index is 5.90. The summed E-state index contributed by atoms with van der Waals surface area (Å²) in [5, 5.41) is 0. The van der Waals surface area contributed by atoms with E-state index in [1.54, 1.807) is 6.20 Å². The summed E-state index contributed by atoms with van der Waals surface area (Å²) < 4.78 is 2.08. The van der Waals surface area contributed by atoms with Crippen molar-refractivity contribution >= 4 is 0 Å². The highest BCUT2D eigenvalue weighted by atomic mass is 15.1. The second-order valence-corrected chi connectivity index (χ2v) is 3.98. The van der Waals surface area contributed by atoms with E-state index in [1.165, 1.54) is 0 Å². The molecule has 4 nitrogen and oxygen atoms in total. The first-order valence-corrected chi connectivity index (χ1v) is 5.37. The van der Waals surface area contributed by atoms with E-state index in [0.29, 0.717) is 0 Å². The second-order valence-electron chi connectivity index (χ2n) is 3.98. The summed E-state index contributed by atoms with van der Waals surface area (Å²) in [7, 11) is 0. The molecular formula is C12H16N4. The summed E-state index contributed by atoms with van der Waals surface area (Å²) in [6.07, 6.45) is 7.28. The number of nitrogens with two attached hydrogens (primary N) is 1. The summed E-state index contributed by atoms with van der Waals surface area (Å²) in [5.41, 5.74) is 8.09. The van der Waals surface area contributed by atoms with E-state index < -0.39 is 0 Å². The first kappa shape index (κ1) is 10.8. The third-order valence-corrected chi connectivity index (χ3v) is 2.75. The molecule has 1 unspecified atom stereocenters. The van der Waals surface area contributed by atoms with Crippen LogP contribution in [-0.2, 0) is 0 Å². The van der Waals surface area contributed by atoms with Gasteiger partial charge in [-0.3, -0.25) is 4.98 Å². The van der Waals surface area contributed by atoms with Crippen molar-refractivity contribution in [1.29, 1.82) is 0 Å². The Hall–Kier alpha value is -1.68. The van der Waals surface area contributed by atoms with Crippen LogP contribution in [0, 0.1) is 0 Å². The van der Waals surface area contributed by atoms with Crippen LogP contribution in [0.15, 0.2) is 37.1 Å². The van der Waals surface area contributed by atoms with Crippen LogP contribution in [0.1, 0.15) is 37.2 Å². The number of rotatable bonds is 3. The number of hydrogen-bond donors (Lipinski definition) is 1. The summed E-state index contributed by atoms with van der Waals surface area (Å²) >= 11 is 0. The largest absolute Gasteiger partial charge is 0.326 e. The molecule has 0 fully saturated rings. The van der Waals surface area contributed by atoms with E-state index >= 15 is 0 Å². The van der Waals surface area contributed by atoms with Crippen LogP contribution < -0.4 is 5.73 Å². The van der Waals surface area contributed by atoms with E-state index in [0.717, 1.165) is 11.3 Å². The lowest BCUT2D eigenvalue weighted by molar-refractivity contribution is 0.580. The van der Waals surface area contributed by atoms with Gasteiger partial charge in [0.1, 0.15) is 0 Å². The quantitative estimate of drug-likeness (QED) is 0.852. The molecule has 16 heavy (non-hydrogen) atoms. The van der Waals surface area contributed by atoms with Gasteiger partial charge in [0.2, 0.25) is 0 Å². The lowest BCUT2D eigenvalue weighted by Gasteiger charge is -2.18. The maximum Gasteiger partial charge on any atom is 0.0954 e. The van der Waals surface area contributed by atoms with Crippen LogP contribution in [0.25, 0.3) is 0 Å². The van der Waals surface area contributed by atoms with Crippen LogP contribution in [0.3, 0.4) is 0 Å². The van der Waals surface area contributed by atoms with Gasteiger partial charge in [-0.1, -0.05) is 6.07 Å². The minimum Gasteiger partial charge on any atom is -0.326 e. The van der Waals surface area contributed by atoms with Crippen LogP contribution >= 0.6 is 0 Å². The first-order valence-electron chi connectivity index (χ1n) is 5.37. The van der Waals surface area contributed by atoms with Crippen molar-refractivity contribution in [2.75, 3.05) is 0 Å². The molecular weight excluding hydrogens is 200 g/mol. The minimum absolute atomic E-state index is 0.0124. The van der Waals surface area contributed by atoms with Gasteiger partial charge in [0, 0.05) is 24.6 Å². The van der Waals surface area contributed by atoms with E-state index in [1.807, 2.05) is 31.7 Å². The third kappa shape index (κ3) is 1.97. The van der Waals surface area contributed by atoms with Crippen molar-refractivity contribution < 1.29 is 0 Å². The van der Waals surface area contributed by atoms with E-state index in [9.17, 15) is 0 Å². The zero-order valence-corrected chi connectivity index (χ0v) is 9.54. The van der Waals surface area contributed by atoms with Crippen LogP contribution in [-0.4, -0.2) is 14.5 Å². The highest BCUT2D eigenvalue weighted by molar-refractivity contribution is 5.17. The highest BCUT2D eigenvalue weighted by Gasteiger charge is 2.13. The Balaban J connectivity index is 2.34. The molecule has 2 aromatic rings. The topological polar surface area (TPSA) is 56.7 Å². The van der Waals surface area contributed by atoms with Crippen molar-refractivity contribution in [1.82, 2.24) is 14.5 Å². The van der Waals surface area contributed by atoms with Crippen molar-refractivity contribution in [2.24, 2.45) is 5.73 Å². The number of nitrogens with zero attached hydrogens (tertiary/aromatic N) is 3. The molecule has 0 bridgehead atoms. The average Bonchev–Trinajstić information content (AvgIpc) is 2.78. The van der Waals surface area contributed by atoms with Gasteiger partial charge < -0.3 is 10.3 Å². The Morgan fingerprint density at radius 1 is 1.25 bits per heavy atom. The second kappa shape index (κ2) is 4.45. The maximum atomic E-state index is 5.90. The van der Waals surface area contributed by atoms with Gasteiger partial charge in [0.25, 0.3) is 0 Å². The van der Waals surface area contributed by atoms with Gasteiger partial charge in [0.05, 0.1) is 18.1 Å². The predicted octanol–water partition coefficient (Wildman–Crippen LogP) is 1.91. The number of pyridine rings is 1. The normalized spacial score (nSPS) is 14.7. The molecule has 2 N–H and O–H groups in total. The summed E-state index contributed by atoms with van der Waals surface area (Å²) in [5.74, 6) is 0. The van der Waals surface area contributed by atoms with Crippen LogP contribution in [0.5, 0.6) is 0 Å². The molecule has 4 heteroatoms. The molecule has 2 atom stereocenters. The monoisotopic (exact) mass is 216 g/mol. The Kier molecular flexibility index (Phi) is 3.01. The molecule has 2 aromatic heterocycles. The minimum atomic E-state index is -0.0124. The third-order valence-electron chi connectivity index (χ3n) is 2.75. The van der Waals surface area contributed by atoms with Crippen LogP contribution in [0.2, 0.25) is 0 Å². The van der Waals surface area contributed by atoms with Crippen molar-refractivity contribution in [3.05, 3.63) is 48.3 Å². The molecule has 0 aliphatic carbocycles. The van der Waals surface area contributed by atoms with Gasteiger partial charge in [-0.05, 0) is 25.5 Å².